The van der Waals surface area contributed by atoms with E-state index in [0.29, 0.717) is 0 Å². The Balaban J connectivity index is 1.48. The van der Waals surface area contributed by atoms with Crippen molar-refractivity contribution in [1.29, 1.82) is 0 Å². The molecule has 2 aromatic rings. The van der Waals surface area contributed by atoms with E-state index in [2.05, 4.69) is 24.0 Å². The Morgan fingerprint density at radius 3 is 2.33 bits per heavy atom. The Labute approximate surface area is 191 Å². The first kappa shape index (κ1) is 22.5. The normalized spacial score (nSPS) is 18.8. The first-order valence-corrected chi connectivity index (χ1v) is 10.8. The van der Waals surface area contributed by atoms with E-state index in [9.17, 15) is 14.4 Å². The van der Waals surface area contributed by atoms with E-state index >= 15 is 0 Å². The van der Waals surface area contributed by atoms with E-state index in [0.717, 1.165) is 27.2 Å². The number of aliphatic carboxylic acids is 1. The number of nitrogens with one attached hydrogen (secondary N) is 1. The summed E-state index contributed by atoms with van der Waals surface area (Å²) in [7, 11) is 0. The minimum absolute atomic E-state index is 0.0409. The minimum Gasteiger partial charge on any atom is -0.480 e. The molecule has 1 fully saturated rings. The first-order valence-electron chi connectivity index (χ1n) is 10.8. The molecular weight excluding hydrogens is 424 g/mol. The van der Waals surface area contributed by atoms with Crippen molar-refractivity contribution in [1.82, 2.24) is 10.2 Å². The van der Waals surface area contributed by atoms with Crippen LogP contribution in [-0.4, -0.2) is 66.4 Å². The van der Waals surface area contributed by atoms with E-state index in [1.165, 1.54) is 6.08 Å². The van der Waals surface area contributed by atoms with E-state index in [-0.39, 0.29) is 38.7 Å². The summed E-state index contributed by atoms with van der Waals surface area (Å²) in [6, 6.07) is 16.0. The molecule has 0 aromatic heterocycles. The lowest BCUT2D eigenvalue weighted by Crippen LogP contribution is -2.61. The number of carbonyl (C=O) groups excluding carboxylic acids is 2. The average Bonchev–Trinajstić information content (AvgIpc) is 3.40. The molecule has 33 heavy (non-hydrogen) atoms. The van der Waals surface area contributed by atoms with Gasteiger partial charge in [0.05, 0.1) is 6.61 Å². The van der Waals surface area contributed by atoms with Crippen LogP contribution in [0.4, 0.5) is 4.79 Å². The highest BCUT2D eigenvalue weighted by molar-refractivity contribution is 5.92. The molecule has 0 spiro atoms. The van der Waals surface area contributed by atoms with Crippen LogP contribution in [-0.2, 0) is 19.1 Å². The van der Waals surface area contributed by atoms with Crippen LogP contribution in [0.25, 0.3) is 11.1 Å². The zero-order valence-corrected chi connectivity index (χ0v) is 18.2. The van der Waals surface area contributed by atoms with Crippen molar-refractivity contribution in [2.24, 2.45) is 0 Å². The lowest BCUT2D eigenvalue weighted by Gasteiger charge is -2.32. The molecule has 8 heteroatoms. The molecule has 4 rings (SSSR count). The summed E-state index contributed by atoms with van der Waals surface area (Å²) in [6.45, 7) is 3.44. The average molecular weight is 450 g/mol. The van der Waals surface area contributed by atoms with Crippen LogP contribution in [0.1, 0.15) is 23.5 Å². The number of hydrogen-bond donors (Lipinski definition) is 2. The van der Waals surface area contributed by atoms with E-state index in [1.54, 1.807) is 0 Å². The summed E-state index contributed by atoms with van der Waals surface area (Å²) >= 11 is 0. The number of benzene rings is 2. The van der Waals surface area contributed by atoms with E-state index in [4.69, 9.17) is 14.6 Å². The van der Waals surface area contributed by atoms with Gasteiger partial charge >= 0.3 is 12.1 Å². The molecule has 1 aliphatic heterocycles. The molecular formula is C25H26N2O6. The Morgan fingerprint density at radius 2 is 1.79 bits per heavy atom. The number of carboxylic acid groups (broad SMARTS) is 1. The number of alkyl carbamates (subject to hydrolysis) is 1. The zero-order valence-electron chi connectivity index (χ0n) is 18.2. The second-order valence-electron chi connectivity index (χ2n) is 8.20. The van der Waals surface area contributed by atoms with Crippen LogP contribution < -0.4 is 5.32 Å². The molecule has 0 bridgehead atoms. The second-order valence-corrected chi connectivity index (χ2v) is 8.20. The van der Waals surface area contributed by atoms with Gasteiger partial charge in [-0.05, 0) is 22.3 Å². The summed E-state index contributed by atoms with van der Waals surface area (Å²) in [4.78, 5) is 38.3. The molecule has 0 saturated carbocycles. The number of nitrogens with zero attached hydrogens (tertiary/aromatic N) is 1. The van der Waals surface area contributed by atoms with Gasteiger partial charge in [-0.1, -0.05) is 54.6 Å². The van der Waals surface area contributed by atoms with Crippen molar-refractivity contribution in [2.75, 3.05) is 32.9 Å². The Morgan fingerprint density at radius 1 is 1.15 bits per heavy atom. The van der Waals surface area contributed by atoms with Gasteiger partial charge < -0.3 is 24.8 Å². The van der Waals surface area contributed by atoms with Crippen LogP contribution in [0.3, 0.4) is 0 Å². The predicted octanol–water partition coefficient (Wildman–Crippen LogP) is 2.78. The molecule has 2 N–H and O–H groups in total. The summed E-state index contributed by atoms with van der Waals surface area (Å²) in [6.07, 6.45) is 0.922. The summed E-state index contributed by atoms with van der Waals surface area (Å²) in [5.74, 6) is -1.80. The highest BCUT2D eigenvalue weighted by atomic mass is 16.6. The maximum Gasteiger partial charge on any atom is 0.408 e. The zero-order chi connectivity index (χ0) is 23.4. The van der Waals surface area contributed by atoms with Gasteiger partial charge in [-0.2, -0.15) is 0 Å². The third-order valence-electron chi connectivity index (χ3n) is 6.08. The fourth-order valence-corrected chi connectivity index (χ4v) is 4.56. The van der Waals surface area contributed by atoms with E-state index < -0.39 is 30.1 Å². The van der Waals surface area contributed by atoms with Gasteiger partial charge in [0.2, 0.25) is 0 Å². The van der Waals surface area contributed by atoms with Crippen molar-refractivity contribution in [3.05, 3.63) is 72.3 Å². The van der Waals surface area contributed by atoms with Crippen molar-refractivity contribution >= 4 is 18.0 Å². The standard InChI is InChI=1S/C25H26N2O6/c1-2-12-27(14-22(28)29)23(30)25(11-13-32-16-25)26-24(31)33-15-21-19-9-5-3-7-17(19)18-8-4-6-10-20(18)21/h2-10,21H,1,11-16H2,(H,26,31)(H,28,29). The highest BCUT2D eigenvalue weighted by Crippen LogP contribution is 2.44. The predicted molar refractivity (Wildman–Crippen MR) is 121 cm³/mol. The molecule has 172 valence electrons. The quantitative estimate of drug-likeness (QED) is 0.600. The molecule has 1 unspecified atom stereocenters. The topological polar surface area (TPSA) is 105 Å². The van der Waals surface area contributed by atoms with Crippen LogP contribution in [0.15, 0.2) is 61.2 Å². The number of amides is 2. The molecule has 8 nitrogen and oxygen atoms in total. The van der Waals surface area contributed by atoms with Crippen LogP contribution >= 0.6 is 0 Å². The molecule has 2 aromatic carbocycles. The molecule has 1 saturated heterocycles. The third-order valence-corrected chi connectivity index (χ3v) is 6.08. The van der Waals surface area contributed by atoms with Crippen molar-refractivity contribution < 1.29 is 29.0 Å². The van der Waals surface area contributed by atoms with Gasteiger partial charge in [-0.15, -0.1) is 6.58 Å². The number of rotatable bonds is 8. The van der Waals surface area contributed by atoms with Gasteiger partial charge in [0.25, 0.3) is 5.91 Å². The Hall–Kier alpha value is -3.65. The molecule has 1 atom stereocenters. The monoisotopic (exact) mass is 450 g/mol. The first-order chi connectivity index (χ1) is 15.9. The number of fused-ring (bicyclic) bond motifs is 3. The molecule has 2 aliphatic rings. The summed E-state index contributed by atoms with van der Waals surface area (Å²) in [5.41, 5.74) is 3.03. The Kier molecular flexibility index (Phi) is 6.46. The van der Waals surface area contributed by atoms with Gasteiger partial charge in [-0.3, -0.25) is 9.59 Å². The van der Waals surface area contributed by atoms with Crippen molar-refractivity contribution in [3.8, 4) is 11.1 Å². The molecule has 2 amide bonds. The van der Waals surface area contributed by atoms with Crippen LogP contribution in [0.5, 0.6) is 0 Å². The van der Waals surface area contributed by atoms with Gasteiger partial charge in [0, 0.05) is 25.5 Å². The fourth-order valence-electron chi connectivity index (χ4n) is 4.56. The molecule has 1 aliphatic carbocycles. The van der Waals surface area contributed by atoms with Gasteiger partial charge in [-0.25, -0.2) is 4.79 Å². The van der Waals surface area contributed by atoms with Gasteiger partial charge in [0.15, 0.2) is 0 Å². The highest BCUT2D eigenvalue weighted by Gasteiger charge is 2.46. The maximum atomic E-state index is 13.2. The minimum atomic E-state index is -1.37. The van der Waals surface area contributed by atoms with Crippen molar-refractivity contribution in [3.63, 3.8) is 0 Å². The van der Waals surface area contributed by atoms with Crippen LogP contribution in [0, 0.1) is 0 Å². The fraction of sp³-hybridized carbons (Fsp3) is 0.320. The summed E-state index contributed by atoms with van der Waals surface area (Å²) < 4.78 is 11.0. The number of carboxylic acids is 1. The van der Waals surface area contributed by atoms with Gasteiger partial charge in [0.1, 0.15) is 18.7 Å². The summed E-state index contributed by atoms with van der Waals surface area (Å²) in [5, 5.41) is 11.8. The van der Waals surface area contributed by atoms with E-state index in [1.807, 2.05) is 36.4 Å². The SMILES string of the molecule is C=CCN(CC(=O)O)C(=O)C1(NC(=O)OCC2c3ccccc3-c3ccccc32)CCOC1. The maximum absolute atomic E-state index is 13.2. The largest absolute Gasteiger partial charge is 0.480 e. The second kappa shape index (κ2) is 9.46. The van der Waals surface area contributed by atoms with Crippen LogP contribution in [0.2, 0.25) is 0 Å². The number of carbonyl (C=O) groups is 3. The third kappa shape index (κ3) is 4.47. The smallest absolute Gasteiger partial charge is 0.408 e. The number of ether oxygens (including phenoxy) is 2. The Bertz CT molecular complexity index is 1030. The lowest BCUT2D eigenvalue weighted by atomic mass is 9.96. The molecule has 1 heterocycles. The lowest BCUT2D eigenvalue weighted by molar-refractivity contribution is -0.147. The van der Waals surface area contributed by atoms with Crippen molar-refractivity contribution in [2.45, 2.75) is 17.9 Å². The molecule has 0 radical (unpaired) electrons. The number of hydrogen-bond acceptors (Lipinski definition) is 5.